The predicted molar refractivity (Wildman–Crippen MR) is 104 cm³/mol. The zero-order valence-electron chi connectivity index (χ0n) is 16.2. The molecule has 4 rings (SSSR count). The number of ether oxygens (including phenoxy) is 2. The first-order valence-corrected chi connectivity index (χ1v) is 10.2. The number of hydrogen-bond donors (Lipinski definition) is 0. The highest BCUT2D eigenvalue weighted by molar-refractivity contribution is 5.09. The second kappa shape index (κ2) is 8.40. The van der Waals surface area contributed by atoms with Crippen molar-refractivity contribution in [1.82, 2.24) is 19.7 Å². The lowest BCUT2D eigenvalue weighted by atomic mass is 9.78. The van der Waals surface area contributed by atoms with Crippen molar-refractivity contribution in [2.24, 2.45) is 5.92 Å². The number of aryl methyl sites for hydroxylation is 1. The van der Waals surface area contributed by atoms with Gasteiger partial charge in [-0.15, -0.1) is 0 Å². The van der Waals surface area contributed by atoms with Crippen LogP contribution in [0.1, 0.15) is 38.2 Å². The van der Waals surface area contributed by atoms with Gasteiger partial charge >= 0.3 is 0 Å². The quantitative estimate of drug-likeness (QED) is 0.749. The van der Waals surface area contributed by atoms with E-state index in [-0.39, 0.29) is 5.60 Å². The molecule has 2 aromatic heterocycles. The van der Waals surface area contributed by atoms with Gasteiger partial charge in [-0.25, -0.2) is 4.98 Å². The van der Waals surface area contributed by atoms with Gasteiger partial charge in [0.2, 0.25) is 5.88 Å². The first-order chi connectivity index (χ1) is 13.3. The Bertz CT molecular complexity index is 710. The molecule has 0 radical (unpaired) electrons. The van der Waals surface area contributed by atoms with Gasteiger partial charge in [-0.3, -0.25) is 9.58 Å². The third-order valence-corrected chi connectivity index (χ3v) is 6.07. The van der Waals surface area contributed by atoms with Crippen molar-refractivity contribution in [3.05, 3.63) is 42.4 Å². The fraction of sp³-hybridized carbons (Fsp3) is 0.619. The lowest BCUT2D eigenvalue weighted by molar-refractivity contribution is -0.0709. The highest BCUT2D eigenvalue weighted by Gasteiger charge is 2.45. The van der Waals surface area contributed by atoms with Crippen LogP contribution in [0.4, 0.5) is 0 Å². The van der Waals surface area contributed by atoms with Gasteiger partial charge in [0.25, 0.3) is 0 Å². The second-order valence-corrected chi connectivity index (χ2v) is 7.68. The van der Waals surface area contributed by atoms with Crippen molar-refractivity contribution in [2.45, 2.75) is 51.3 Å². The number of hydrogen-bond acceptors (Lipinski definition) is 5. The van der Waals surface area contributed by atoms with Crippen molar-refractivity contribution < 1.29 is 9.47 Å². The Labute approximate surface area is 161 Å². The minimum atomic E-state index is 0.0532. The molecule has 0 unspecified atom stereocenters. The molecule has 2 fully saturated rings. The number of likely N-dealkylation sites (tertiary alicyclic amines) is 1. The Balaban J connectivity index is 1.27. The lowest BCUT2D eigenvalue weighted by Crippen LogP contribution is -2.47. The molecule has 2 aromatic rings. The average Bonchev–Trinajstić information content (AvgIpc) is 3.32. The highest BCUT2D eigenvalue weighted by atomic mass is 16.5. The van der Waals surface area contributed by atoms with Gasteiger partial charge in [0.15, 0.2) is 0 Å². The SMILES string of the molecule is CCn1cc(CN2CCC3(CC2)OCC[C@@H]3CCOc2ccccn2)cn1. The van der Waals surface area contributed by atoms with Gasteiger partial charge in [-0.1, -0.05) is 6.07 Å². The fourth-order valence-electron chi connectivity index (χ4n) is 4.49. The monoisotopic (exact) mass is 370 g/mol. The summed E-state index contributed by atoms with van der Waals surface area (Å²) in [5, 5.41) is 4.39. The summed E-state index contributed by atoms with van der Waals surface area (Å²) in [5.74, 6) is 1.30. The summed E-state index contributed by atoms with van der Waals surface area (Å²) < 4.78 is 14.1. The summed E-state index contributed by atoms with van der Waals surface area (Å²) in [7, 11) is 0. The number of aromatic nitrogens is 3. The molecule has 4 heterocycles. The van der Waals surface area contributed by atoms with Crippen LogP contribution in [0.3, 0.4) is 0 Å². The van der Waals surface area contributed by atoms with E-state index in [9.17, 15) is 0 Å². The zero-order valence-corrected chi connectivity index (χ0v) is 16.2. The van der Waals surface area contributed by atoms with Gasteiger partial charge < -0.3 is 9.47 Å². The third kappa shape index (κ3) is 4.33. The summed E-state index contributed by atoms with van der Waals surface area (Å²) in [5.41, 5.74) is 1.36. The first kappa shape index (κ1) is 18.4. The van der Waals surface area contributed by atoms with Crippen LogP contribution in [-0.4, -0.2) is 51.6 Å². The van der Waals surface area contributed by atoms with Crippen molar-refractivity contribution >= 4 is 0 Å². The second-order valence-electron chi connectivity index (χ2n) is 7.68. The molecule has 1 atom stereocenters. The van der Waals surface area contributed by atoms with Gasteiger partial charge in [0, 0.05) is 56.8 Å². The lowest BCUT2D eigenvalue weighted by Gasteiger charge is -2.42. The van der Waals surface area contributed by atoms with Crippen LogP contribution in [0.25, 0.3) is 0 Å². The summed E-state index contributed by atoms with van der Waals surface area (Å²) >= 11 is 0. The number of pyridine rings is 1. The zero-order chi connectivity index (χ0) is 18.5. The standard InChI is InChI=1S/C21H30N4O2/c1-2-25-17-18(15-23-25)16-24-11-8-21(9-12-24)19(7-14-27-21)6-13-26-20-5-3-4-10-22-20/h3-5,10,15,17,19H,2,6-9,11-14,16H2,1H3/t19-/m0/s1. The van der Waals surface area contributed by atoms with E-state index in [1.165, 1.54) is 5.56 Å². The normalized spacial score (nSPS) is 22.3. The van der Waals surface area contributed by atoms with Crippen molar-refractivity contribution in [1.29, 1.82) is 0 Å². The Morgan fingerprint density at radius 1 is 1.30 bits per heavy atom. The first-order valence-electron chi connectivity index (χ1n) is 10.2. The van der Waals surface area contributed by atoms with E-state index in [2.05, 4.69) is 28.1 Å². The van der Waals surface area contributed by atoms with E-state index >= 15 is 0 Å². The number of nitrogens with zero attached hydrogens (tertiary/aromatic N) is 4. The molecule has 0 N–H and O–H groups in total. The minimum absolute atomic E-state index is 0.0532. The van der Waals surface area contributed by atoms with Crippen LogP contribution >= 0.6 is 0 Å². The van der Waals surface area contributed by atoms with Crippen LogP contribution in [0.2, 0.25) is 0 Å². The topological polar surface area (TPSA) is 52.4 Å². The summed E-state index contributed by atoms with van der Waals surface area (Å²) in [4.78, 5) is 6.77. The van der Waals surface area contributed by atoms with Crippen LogP contribution in [0, 0.1) is 5.92 Å². The third-order valence-electron chi connectivity index (χ3n) is 6.07. The number of piperidine rings is 1. The minimum Gasteiger partial charge on any atom is -0.478 e. The molecule has 146 valence electrons. The maximum absolute atomic E-state index is 6.30. The van der Waals surface area contributed by atoms with E-state index in [1.807, 2.05) is 29.1 Å². The number of rotatable bonds is 7. The molecule has 27 heavy (non-hydrogen) atoms. The van der Waals surface area contributed by atoms with E-state index in [0.29, 0.717) is 18.4 Å². The van der Waals surface area contributed by atoms with E-state index in [4.69, 9.17) is 9.47 Å². The Morgan fingerprint density at radius 2 is 2.19 bits per heavy atom. The van der Waals surface area contributed by atoms with Gasteiger partial charge in [-0.05, 0) is 44.6 Å². The van der Waals surface area contributed by atoms with Crippen molar-refractivity contribution in [3.8, 4) is 5.88 Å². The molecule has 6 nitrogen and oxygen atoms in total. The van der Waals surface area contributed by atoms with E-state index < -0.39 is 0 Å². The maximum Gasteiger partial charge on any atom is 0.213 e. The molecule has 0 bridgehead atoms. The molecule has 2 aliphatic rings. The molecule has 0 saturated carbocycles. The van der Waals surface area contributed by atoms with Crippen molar-refractivity contribution in [2.75, 3.05) is 26.3 Å². The molecule has 2 saturated heterocycles. The molecule has 1 spiro atoms. The molecule has 0 amide bonds. The van der Waals surface area contributed by atoms with Crippen LogP contribution in [0.5, 0.6) is 5.88 Å². The van der Waals surface area contributed by atoms with Gasteiger partial charge in [0.05, 0.1) is 18.4 Å². The smallest absolute Gasteiger partial charge is 0.213 e. The molecule has 0 aliphatic carbocycles. The van der Waals surface area contributed by atoms with E-state index in [1.54, 1.807) is 6.20 Å². The highest BCUT2D eigenvalue weighted by Crippen LogP contribution is 2.42. The van der Waals surface area contributed by atoms with Crippen LogP contribution < -0.4 is 4.74 Å². The van der Waals surface area contributed by atoms with Crippen molar-refractivity contribution in [3.63, 3.8) is 0 Å². The Hall–Kier alpha value is -1.92. The molecule has 2 aliphatic heterocycles. The molecule has 6 heteroatoms. The Kier molecular flexibility index (Phi) is 5.74. The van der Waals surface area contributed by atoms with Gasteiger partial charge in [-0.2, -0.15) is 5.10 Å². The molecular formula is C21H30N4O2. The summed E-state index contributed by atoms with van der Waals surface area (Å²) in [6.45, 7) is 7.83. The average molecular weight is 370 g/mol. The largest absolute Gasteiger partial charge is 0.478 e. The summed E-state index contributed by atoms with van der Waals surface area (Å²) in [6.07, 6.45) is 10.3. The molecular weight excluding hydrogens is 340 g/mol. The Morgan fingerprint density at radius 3 is 2.93 bits per heavy atom. The predicted octanol–water partition coefficient (Wildman–Crippen LogP) is 3.14. The fourth-order valence-corrected chi connectivity index (χ4v) is 4.49. The molecule has 0 aromatic carbocycles. The van der Waals surface area contributed by atoms with Gasteiger partial charge in [0.1, 0.15) is 0 Å². The van der Waals surface area contributed by atoms with E-state index in [0.717, 1.165) is 58.5 Å². The van der Waals surface area contributed by atoms with Crippen LogP contribution in [0.15, 0.2) is 36.8 Å². The van der Waals surface area contributed by atoms with Crippen LogP contribution in [-0.2, 0) is 17.8 Å². The summed E-state index contributed by atoms with van der Waals surface area (Å²) in [6, 6.07) is 5.79. The maximum atomic E-state index is 6.30.